The first kappa shape index (κ1) is 19.0. The Morgan fingerprint density at radius 2 is 2.00 bits per heavy atom. The van der Waals surface area contributed by atoms with Crippen LogP contribution < -0.4 is 74.8 Å². The predicted octanol–water partition coefficient (Wildman–Crippen LogP) is -7.74. The summed E-state index contributed by atoms with van der Waals surface area (Å²) in [6.45, 7) is 1.12. The van der Waals surface area contributed by atoms with Crippen molar-refractivity contribution in [2.24, 2.45) is 5.73 Å². The van der Waals surface area contributed by atoms with E-state index < -0.39 is 24.5 Å². The van der Waals surface area contributed by atoms with Crippen LogP contribution in [0.3, 0.4) is 0 Å². The predicted molar refractivity (Wildman–Crippen MR) is 43.1 cm³/mol. The van der Waals surface area contributed by atoms with E-state index in [-0.39, 0.29) is 72.0 Å². The van der Waals surface area contributed by atoms with Crippen molar-refractivity contribution in [3.8, 4) is 0 Å². The number of carboxylic acid groups (broad SMARTS) is 1. The summed E-state index contributed by atoms with van der Waals surface area (Å²) in [5, 5.41) is 10.6. The van der Waals surface area contributed by atoms with Gasteiger partial charge in [0, 0.05) is 13.0 Å². The van der Waals surface area contributed by atoms with Gasteiger partial charge < -0.3 is 25.1 Å². The van der Waals surface area contributed by atoms with Crippen LogP contribution in [0.2, 0.25) is 0 Å². The van der Waals surface area contributed by atoms with Gasteiger partial charge in [0.05, 0.1) is 11.5 Å². The molecule has 15 heavy (non-hydrogen) atoms. The minimum absolute atomic E-state index is 0. The molecule has 0 aromatic heterocycles. The molecule has 0 aliphatic heterocycles. The van der Waals surface area contributed by atoms with Crippen molar-refractivity contribution in [2.75, 3.05) is 6.66 Å². The topological polar surface area (TPSA) is 106 Å². The maximum atomic E-state index is 11.1. The Labute approximate surface area is 133 Å². The van der Waals surface area contributed by atoms with Gasteiger partial charge in [-0.25, -0.2) is 0 Å². The Kier molecular flexibility index (Phi) is 8.25. The minimum atomic E-state index is -3.45. The molecular weight excluding hydrogens is 239 g/mol. The number of carbonyl (C=O) groups excluding carboxylic acids is 1. The number of aliphatic carboxylic acids is 1. The van der Waals surface area contributed by atoms with Crippen LogP contribution in [0.25, 0.3) is 0 Å². The van der Waals surface area contributed by atoms with Crippen LogP contribution in [-0.4, -0.2) is 23.8 Å². The number of hydrogen-bond acceptors (Lipinski definition) is 5. The third-order valence-corrected chi connectivity index (χ3v) is 4.36. The van der Waals surface area contributed by atoms with E-state index in [0.717, 1.165) is 6.66 Å². The van der Waals surface area contributed by atoms with E-state index in [2.05, 4.69) is 0 Å². The Balaban J connectivity index is 0. The van der Waals surface area contributed by atoms with Gasteiger partial charge in [-0.05, 0) is 25.9 Å². The molecule has 1 saturated carbocycles. The molecule has 1 rings (SSSR count). The summed E-state index contributed by atoms with van der Waals surface area (Å²) in [4.78, 5) is 21.7. The summed E-state index contributed by atoms with van der Waals surface area (Å²) in [5.74, 6) is -1.36. The molecule has 2 N–H and O–H groups in total. The zero-order valence-corrected chi connectivity index (χ0v) is 14.3. The molecule has 0 aromatic carbocycles. The van der Waals surface area contributed by atoms with Crippen molar-refractivity contribution >= 4 is 13.3 Å². The van der Waals surface area contributed by atoms with Gasteiger partial charge in [-0.15, -0.1) is 0 Å². The van der Waals surface area contributed by atoms with E-state index in [1.165, 1.54) is 0 Å². The van der Waals surface area contributed by atoms with Crippen LogP contribution in [0.1, 0.15) is 19.3 Å². The van der Waals surface area contributed by atoms with E-state index in [0.29, 0.717) is 6.42 Å². The molecule has 0 spiro atoms. The van der Waals surface area contributed by atoms with E-state index >= 15 is 0 Å². The Bertz CT molecular complexity index is 282. The standard InChI is InChI=1S/C7H14NO4P.2Na/c1-13(11,12)5-2-3-7(8,4-5)6(9)10;;/h5H,2-4,8H2,1H3,(H,9,10)(H,11,12);;/q;2*+1/p-2. The molecule has 1 aliphatic carbocycles. The second-order valence-corrected chi connectivity index (χ2v) is 6.30. The van der Waals surface area contributed by atoms with Crippen LogP contribution in [-0.2, 0) is 9.36 Å². The summed E-state index contributed by atoms with van der Waals surface area (Å²) in [6.07, 6.45) is 0.481. The molecule has 0 radical (unpaired) electrons. The number of carbonyl (C=O) groups is 1. The summed E-state index contributed by atoms with van der Waals surface area (Å²) in [5.41, 5.74) is 3.42. The third kappa shape index (κ3) is 4.78. The van der Waals surface area contributed by atoms with Gasteiger partial charge in [0.15, 0.2) is 0 Å². The molecule has 5 nitrogen and oxygen atoms in total. The van der Waals surface area contributed by atoms with Crippen molar-refractivity contribution in [1.29, 1.82) is 0 Å². The quantitative estimate of drug-likeness (QED) is 0.387. The van der Waals surface area contributed by atoms with Gasteiger partial charge in [0.2, 0.25) is 0 Å². The maximum absolute atomic E-state index is 11.1. The molecule has 8 heteroatoms. The Morgan fingerprint density at radius 3 is 2.20 bits per heavy atom. The van der Waals surface area contributed by atoms with Crippen LogP contribution >= 0.6 is 7.37 Å². The number of rotatable bonds is 2. The first-order valence-electron chi connectivity index (χ1n) is 4.04. The molecule has 3 unspecified atom stereocenters. The van der Waals surface area contributed by atoms with Gasteiger partial charge >= 0.3 is 59.1 Å². The van der Waals surface area contributed by atoms with E-state index in [1.807, 2.05) is 0 Å². The van der Waals surface area contributed by atoms with Crippen molar-refractivity contribution in [2.45, 2.75) is 30.5 Å². The summed E-state index contributed by atoms with van der Waals surface area (Å²) in [7, 11) is -3.45. The Morgan fingerprint density at radius 1 is 1.53 bits per heavy atom. The van der Waals surface area contributed by atoms with Crippen LogP contribution in [0.4, 0.5) is 0 Å². The summed E-state index contributed by atoms with van der Waals surface area (Å²) < 4.78 is 11.1. The fourth-order valence-corrected chi connectivity index (χ4v) is 2.89. The van der Waals surface area contributed by atoms with Crippen LogP contribution in [0.15, 0.2) is 0 Å². The van der Waals surface area contributed by atoms with Crippen molar-refractivity contribution in [3.63, 3.8) is 0 Å². The number of nitrogens with two attached hydrogens (primary N) is 1. The minimum Gasteiger partial charge on any atom is -0.799 e. The third-order valence-electron chi connectivity index (χ3n) is 2.59. The second-order valence-electron chi connectivity index (χ2n) is 3.75. The van der Waals surface area contributed by atoms with Crippen molar-refractivity contribution in [1.82, 2.24) is 0 Å². The van der Waals surface area contributed by atoms with Crippen LogP contribution in [0, 0.1) is 0 Å². The first-order chi connectivity index (χ1) is 5.76. The zero-order valence-electron chi connectivity index (χ0n) is 9.36. The molecule has 0 saturated heterocycles. The normalized spacial score (nSPS) is 33.4. The number of carboxylic acids is 1. The van der Waals surface area contributed by atoms with Crippen molar-refractivity contribution < 1.29 is 78.5 Å². The maximum Gasteiger partial charge on any atom is 1.00 e. The molecule has 0 heterocycles. The van der Waals surface area contributed by atoms with E-state index in [9.17, 15) is 19.4 Å². The molecule has 76 valence electrons. The Hall–Kier alpha value is 1.62. The molecule has 0 bridgehead atoms. The molecule has 1 fully saturated rings. The van der Waals surface area contributed by atoms with Crippen LogP contribution in [0.5, 0.6) is 0 Å². The first-order valence-corrected chi connectivity index (χ1v) is 6.18. The van der Waals surface area contributed by atoms with Gasteiger partial charge in [-0.3, -0.25) is 0 Å². The molecular formula is C7H12NNa2O4P. The summed E-state index contributed by atoms with van der Waals surface area (Å²) >= 11 is 0. The van der Waals surface area contributed by atoms with Gasteiger partial charge in [0.25, 0.3) is 0 Å². The smallest absolute Gasteiger partial charge is 0.799 e. The average Bonchev–Trinajstić information content (AvgIpc) is 2.31. The fraction of sp³-hybridized carbons (Fsp3) is 0.857. The second kappa shape index (κ2) is 6.53. The monoisotopic (exact) mass is 251 g/mol. The molecule has 1 aliphatic rings. The zero-order chi connectivity index (χ0) is 10.3. The molecule has 0 aromatic rings. The molecule has 3 atom stereocenters. The average molecular weight is 251 g/mol. The fourth-order valence-electron chi connectivity index (χ4n) is 1.63. The number of hydrogen-bond donors (Lipinski definition) is 1. The van der Waals surface area contributed by atoms with E-state index in [4.69, 9.17) is 5.73 Å². The van der Waals surface area contributed by atoms with Gasteiger partial charge in [-0.1, -0.05) is 0 Å². The van der Waals surface area contributed by atoms with E-state index in [1.54, 1.807) is 0 Å². The SMILES string of the molecule is CP(=O)([O-])C1CCC(N)(C(=O)[O-])C1.[Na+].[Na+]. The molecule has 0 amide bonds. The summed E-state index contributed by atoms with van der Waals surface area (Å²) in [6, 6.07) is 0. The van der Waals surface area contributed by atoms with Crippen molar-refractivity contribution in [3.05, 3.63) is 0 Å². The van der Waals surface area contributed by atoms with Gasteiger partial charge in [-0.2, -0.15) is 0 Å². The largest absolute Gasteiger partial charge is 1.00 e. The van der Waals surface area contributed by atoms with Gasteiger partial charge in [0.1, 0.15) is 0 Å².